The summed E-state index contributed by atoms with van der Waals surface area (Å²) in [6.45, 7) is 6.71. The Bertz CT molecular complexity index is 452. The molecule has 1 heterocycles. The molecule has 0 unspecified atom stereocenters. The zero-order chi connectivity index (χ0) is 14.3. The van der Waals surface area contributed by atoms with Gasteiger partial charge in [-0.25, -0.2) is 0 Å². The lowest BCUT2D eigenvalue weighted by Crippen LogP contribution is -2.34. The monoisotopic (exact) mass is 262 g/mol. The maximum absolute atomic E-state index is 12.4. The van der Waals surface area contributed by atoms with Crippen LogP contribution in [0.5, 0.6) is 0 Å². The highest BCUT2D eigenvalue weighted by molar-refractivity contribution is 5.97. The minimum Gasteiger partial charge on any atom is -0.322 e. The lowest BCUT2D eigenvalue weighted by molar-refractivity contribution is -0.123. The first-order chi connectivity index (χ1) is 9.11. The van der Waals surface area contributed by atoms with E-state index in [-0.39, 0.29) is 5.91 Å². The lowest BCUT2D eigenvalue weighted by atomic mass is 9.80. The predicted molar refractivity (Wildman–Crippen MR) is 74.4 cm³/mol. The van der Waals surface area contributed by atoms with Crippen molar-refractivity contribution in [2.75, 3.05) is 5.32 Å². The molecule has 1 rings (SSSR count). The van der Waals surface area contributed by atoms with E-state index in [0.717, 1.165) is 19.4 Å². The molecule has 104 valence electrons. The Balaban J connectivity index is 2.85. The number of hydrogen-bond acceptors (Lipinski definition) is 3. The van der Waals surface area contributed by atoms with E-state index in [9.17, 15) is 10.1 Å². The fourth-order valence-corrected chi connectivity index (χ4v) is 2.22. The van der Waals surface area contributed by atoms with Gasteiger partial charge in [0.25, 0.3) is 0 Å². The van der Waals surface area contributed by atoms with E-state index < -0.39 is 5.41 Å². The van der Waals surface area contributed by atoms with E-state index in [1.165, 1.54) is 0 Å². The molecule has 0 bridgehead atoms. The summed E-state index contributed by atoms with van der Waals surface area (Å²) in [5.74, 6) is -0.214. The number of aromatic nitrogens is 2. The van der Waals surface area contributed by atoms with Gasteiger partial charge in [0, 0.05) is 12.7 Å². The highest BCUT2D eigenvalue weighted by atomic mass is 16.2. The number of carbonyl (C=O) groups is 1. The highest BCUT2D eigenvalue weighted by Gasteiger charge is 2.37. The van der Waals surface area contributed by atoms with Crippen LogP contribution in [0.4, 0.5) is 5.69 Å². The smallest absolute Gasteiger partial charge is 0.244 e. The minimum atomic E-state index is -0.919. The van der Waals surface area contributed by atoms with Gasteiger partial charge in [-0.15, -0.1) is 0 Å². The summed E-state index contributed by atoms with van der Waals surface area (Å²) in [7, 11) is 0. The van der Waals surface area contributed by atoms with Gasteiger partial charge in [-0.3, -0.25) is 9.48 Å². The molecule has 0 saturated heterocycles. The van der Waals surface area contributed by atoms with Crippen LogP contribution < -0.4 is 5.32 Å². The van der Waals surface area contributed by atoms with Crippen LogP contribution >= 0.6 is 0 Å². The molecule has 0 aliphatic rings. The fraction of sp³-hybridized carbons (Fsp3) is 0.643. The third-order valence-electron chi connectivity index (χ3n) is 3.22. The number of rotatable bonds is 7. The van der Waals surface area contributed by atoms with Gasteiger partial charge in [0.05, 0.1) is 18.0 Å². The van der Waals surface area contributed by atoms with Gasteiger partial charge in [-0.05, 0) is 19.8 Å². The largest absolute Gasteiger partial charge is 0.322 e. The predicted octanol–water partition coefficient (Wildman–Crippen LogP) is 2.95. The van der Waals surface area contributed by atoms with Crippen molar-refractivity contribution < 1.29 is 4.79 Å². The third-order valence-corrected chi connectivity index (χ3v) is 3.22. The van der Waals surface area contributed by atoms with Gasteiger partial charge in [0.1, 0.15) is 5.41 Å². The normalized spacial score (nSPS) is 11.1. The Morgan fingerprint density at radius 3 is 2.47 bits per heavy atom. The molecular weight excluding hydrogens is 240 g/mol. The molecule has 1 amide bonds. The second kappa shape index (κ2) is 6.93. The van der Waals surface area contributed by atoms with Crippen LogP contribution in [-0.2, 0) is 11.3 Å². The summed E-state index contributed by atoms with van der Waals surface area (Å²) in [5.41, 5.74) is -0.267. The van der Waals surface area contributed by atoms with Crippen molar-refractivity contribution >= 4 is 11.6 Å². The Kier molecular flexibility index (Phi) is 5.56. The van der Waals surface area contributed by atoms with Gasteiger partial charge in [0.15, 0.2) is 0 Å². The average molecular weight is 262 g/mol. The molecule has 5 heteroatoms. The molecule has 0 spiro atoms. The van der Waals surface area contributed by atoms with Crippen LogP contribution in [0, 0.1) is 16.7 Å². The molecule has 0 saturated carbocycles. The first-order valence-electron chi connectivity index (χ1n) is 6.87. The van der Waals surface area contributed by atoms with Crippen LogP contribution in [0.25, 0.3) is 0 Å². The first kappa shape index (κ1) is 15.2. The molecule has 1 aromatic heterocycles. The number of hydrogen-bond donors (Lipinski definition) is 1. The van der Waals surface area contributed by atoms with Crippen LogP contribution in [0.2, 0.25) is 0 Å². The number of aryl methyl sites for hydroxylation is 1. The third kappa shape index (κ3) is 3.57. The fourth-order valence-electron chi connectivity index (χ4n) is 2.22. The molecule has 0 aliphatic heterocycles. The highest BCUT2D eigenvalue weighted by Crippen LogP contribution is 2.30. The molecule has 0 atom stereocenters. The molecule has 0 aromatic carbocycles. The van der Waals surface area contributed by atoms with E-state index in [2.05, 4.69) is 16.5 Å². The van der Waals surface area contributed by atoms with E-state index in [4.69, 9.17) is 0 Å². The number of anilines is 1. The number of nitrogens with zero attached hydrogens (tertiary/aromatic N) is 3. The summed E-state index contributed by atoms with van der Waals surface area (Å²) < 4.78 is 1.74. The maximum atomic E-state index is 12.4. The van der Waals surface area contributed by atoms with Gasteiger partial charge >= 0.3 is 0 Å². The first-order valence-corrected chi connectivity index (χ1v) is 6.87. The van der Waals surface area contributed by atoms with Gasteiger partial charge in [0.2, 0.25) is 5.91 Å². The SMILES string of the molecule is CCCC(C#N)(CCC)C(=O)Nc1cnn(CC)c1. The topological polar surface area (TPSA) is 70.7 Å². The number of nitriles is 1. The van der Waals surface area contributed by atoms with E-state index in [0.29, 0.717) is 18.5 Å². The summed E-state index contributed by atoms with van der Waals surface area (Å²) in [4.78, 5) is 12.4. The van der Waals surface area contributed by atoms with Gasteiger partial charge in [-0.2, -0.15) is 10.4 Å². The Morgan fingerprint density at radius 2 is 2.05 bits per heavy atom. The molecule has 19 heavy (non-hydrogen) atoms. The van der Waals surface area contributed by atoms with E-state index >= 15 is 0 Å². The van der Waals surface area contributed by atoms with Gasteiger partial charge < -0.3 is 5.32 Å². The van der Waals surface area contributed by atoms with Crippen LogP contribution in [0.3, 0.4) is 0 Å². The quantitative estimate of drug-likeness (QED) is 0.821. The minimum absolute atomic E-state index is 0.214. The average Bonchev–Trinajstić information content (AvgIpc) is 2.86. The Labute approximate surface area is 114 Å². The molecule has 1 aromatic rings. The molecular formula is C14H22N4O. The number of nitrogens with one attached hydrogen (secondary N) is 1. The summed E-state index contributed by atoms with van der Waals surface area (Å²) in [6.07, 6.45) is 6.19. The Hall–Kier alpha value is -1.83. The molecule has 0 fully saturated rings. The second-order valence-corrected chi connectivity index (χ2v) is 4.73. The van der Waals surface area contributed by atoms with Crippen molar-refractivity contribution in [1.82, 2.24) is 9.78 Å². The van der Waals surface area contributed by atoms with Crippen molar-refractivity contribution in [3.05, 3.63) is 12.4 Å². The maximum Gasteiger partial charge on any atom is 0.244 e. The second-order valence-electron chi connectivity index (χ2n) is 4.73. The molecule has 1 N–H and O–H groups in total. The zero-order valence-electron chi connectivity index (χ0n) is 11.9. The van der Waals surface area contributed by atoms with Crippen molar-refractivity contribution in [3.63, 3.8) is 0 Å². The standard InChI is InChI=1S/C14H22N4O/c1-4-7-14(11-15,8-5-2)13(19)17-12-9-16-18(6-3)10-12/h9-10H,4-8H2,1-3H3,(H,17,19). The lowest BCUT2D eigenvalue weighted by Gasteiger charge is -2.24. The summed E-state index contributed by atoms with van der Waals surface area (Å²) in [5, 5.41) is 16.3. The van der Waals surface area contributed by atoms with Crippen molar-refractivity contribution in [2.24, 2.45) is 5.41 Å². The van der Waals surface area contributed by atoms with Crippen LogP contribution in [-0.4, -0.2) is 15.7 Å². The summed E-state index contributed by atoms with van der Waals surface area (Å²) in [6, 6.07) is 2.22. The molecule has 5 nitrogen and oxygen atoms in total. The molecule has 0 aliphatic carbocycles. The van der Waals surface area contributed by atoms with E-state index in [1.54, 1.807) is 17.1 Å². The summed E-state index contributed by atoms with van der Waals surface area (Å²) >= 11 is 0. The van der Waals surface area contributed by atoms with Crippen molar-refractivity contribution in [1.29, 1.82) is 5.26 Å². The van der Waals surface area contributed by atoms with Crippen LogP contribution in [0.15, 0.2) is 12.4 Å². The zero-order valence-corrected chi connectivity index (χ0v) is 11.9. The number of amides is 1. The Morgan fingerprint density at radius 1 is 1.42 bits per heavy atom. The van der Waals surface area contributed by atoms with Crippen molar-refractivity contribution in [3.8, 4) is 6.07 Å². The van der Waals surface area contributed by atoms with E-state index in [1.807, 2.05) is 20.8 Å². The van der Waals surface area contributed by atoms with Crippen molar-refractivity contribution in [2.45, 2.75) is 53.0 Å². The number of carbonyl (C=O) groups excluding carboxylic acids is 1. The van der Waals surface area contributed by atoms with Gasteiger partial charge in [-0.1, -0.05) is 26.7 Å². The van der Waals surface area contributed by atoms with Crippen LogP contribution in [0.1, 0.15) is 46.5 Å². The molecule has 0 radical (unpaired) electrons.